The second-order valence-electron chi connectivity index (χ2n) is 4.33. The van der Waals surface area contributed by atoms with Gasteiger partial charge in [-0.05, 0) is 25.0 Å². The van der Waals surface area contributed by atoms with Crippen molar-refractivity contribution < 1.29 is 22.7 Å². The fraction of sp³-hybridized carbons (Fsp3) is 0.250. The Morgan fingerprint density at radius 3 is 2.50 bits per heavy atom. The molecule has 108 valence electrons. The molecule has 1 aromatic carbocycles. The number of carboxylic acids is 1. The molecule has 20 heavy (non-hydrogen) atoms. The predicted octanol–water partition coefficient (Wildman–Crippen LogP) is 2.17. The monoisotopic (exact) mass is 319 g/mol. The summed E-state index contributed by atoms with van der Waals surface area (Å²) < 4.78 is 40.1. The fourth-order valence-corrected chi connectivity index (χ4v) is 3.36. The van der Waals surface area contributed by atoms with Gasteiger partial charge in [-0.25, -0.2) is 22.3 Å². The SMILES string of the molecule is O=C(O)c1cc(S(=O)(=O)NC2CC=CC2)cc(F)c1Cl. The number of carbonyl (C=O) groups is 1. The average Bonchev–Trinajstić information content (AvgIpc) is 2.83. The van der Waals surface area contributed by atoms with Gasteiger partial charge in [0.25, 0.3) is 0 Å². The summed E-state index contributed by atoms with van der Waals surface area (Å²) in [4.78, 5) is 10.5. The van der Waals surface area contributed by atoms with Crippen molar-refractivity contribution in [1.29, 1.82) is 0 Å². The first kappa shape index (κ1) is 15.0. The Morgan fingerprint density at radius 1 is 1.35 bits per heavy atom. The average molecular weight is 320 g/mol. The van der Waals surface area contributed by atoms with Gasteiger partial charge in [0.1, 0.15) is 5.82 Å². The van der Waals surface area contributed by atoms with E-state index in [1.54, 1.807) is 0 Å². The van der Waals surface area contributed by atoms with Crippen LogP contribution in [0.2, 0.25) is 5.02 Å². The van der Waals surface area contributed by atoms with E-state index in [0.29, 0.717) is 18.9 Å². The smallest absolute Gasteiger partial charge is 0.337 e. The lowest BCUT2D eigenvalue weighted by atomic mass is 10.2. The number of hydrogen-bond donors (Lipinski definition) is 2. The number of halogens is 2. The van der Waals surface area contributed by atoms with Gasteiger partial charge in [-0.1, -0.05) is 23.8 Å². The molecule has 0 saturated heterocycles. The summed E-state index contributed by atoms with van der Waals surface area (Å²) in [6.07, 6.45) is 4.75. The molecule has 0 amide bonds. The molecule has 0 aliphatic heterocycles. The molecule has 0 fully saturated rings. The van der Waals surface area contributed by atoms with E-state index in [1.807, 2.05) is 12.2 Å². The van der Waals surface area contributed by atoms with Gasteiger partial charge < -0.3 is 5.11 Å². The van der Waals surface area contributed by atoms with Crippen LogP contribution in [0.1, 0.15) is 23.2 Å². The Morgan fingerprint density at radius 2 is 1.95 bits per heavy atom. The minimum atomic E-state index is -3.99. The summed E-state index contributed by atoms with van der Waals surface area (Å²) >= 11 is 5.50. The van der Waals surface area contributed by atoms with Crippen molar-refractivity contribution in [3.63, 3.8) is 0 Å². The van der Waals surface area contributed by atoms with Crippen LogP contribution >= 0.6 is 11.6 Å². The highest BCUT2D eigenvalue weighted by Crippen LogP contribution is 2.25. The predicted molar refractivity (Wildman–Crippen MR) is 70.9 cm³/mol. The molecule has 0 saturated carbocycles. The summed E-state index contributed by atoms with van der Waals surface area (Å²) in [6, 6.07) is 1.25. The second-order valence-corrected chi connectivity index (χ2v) is 6.42. The number of rotatable bonds is 4. The molecule has 0 aromatic heterocycles. The van der Waals surface area contributed by atoms with Gasteiger partial charge in [-0.2, -0.15) is 0 Å². The number of benzene rings is 1. The van der Waals surface area contributed by atoms with Gasteiger partial charge in [0, 0.05) is 6.04 Å². The van der Waals surface area contributed by atoms with Gasteiger partial charge in [0.05, 0.1) is 15.5 Å². The lowest BCUT2D eigenvalue weighted by molar-refractivity contribution is 0.0696. The molecular formula is C12H11ClFNO4S. The van der Waals surface area contributed by atoms with E-state index < -0.39 is 37.3 Å². The third-order valence-electron chi connectivity index (χ3n) is 2.87. The summed E-state index contributed by atoms with van der Waals surface area (Å²) in [5.41, 5.74) is -0.586. The Bertz CT molecular complexity index is 679. The maximum absolute atomic E-state index is 13.5. The highest BCUT2D eigenvalue weighted by Gasteiger charge is 2.24. The van der Waals surface area contributed by atoms with Crippen molar-refractivity contribution in [2.75, 3.05) is 0 Å². The standard InChI is InChI=1S/C12H11ClFNO4S/c13-11-9(12(16)17)5-8(6-10(11)14)20(18,19)15-7-3-1-2-4-7/h1-2,5-7,15H,3-4H2,(H,16,17). The van der Waals surface area contributed by atoms with E-state index in [4.69, 9.17) is 16.7 Å². The van der Waals surface area contributed by atoms with Crippen LogP contribution in [0.15, 0.2) is 29.2 Å². The van der Waals surface area contributed by atoms with E-state index in [0.717, 1.165) is 6.07 Å². The van der Waals surface area contributed by atoms with Crippen molar-refractivity contribution in [2.24, 2.45) is 0 Å². The molecule has 8 heteroatoms. The maximum atomic E-state index is 13.5. The van der Waals surface area contributed by atoms with Crippen molar-refractivity contribution >= 4 is 27.6 Å². The summed E-state index contributed by atoms with van der Waals surface area (Å²) in [7, 11) is -3.99. The second kappa shape index (κ2) is 5.51. The summed E-state index contributed by atoms with van der Waals surface area (Å²) in [5, 5.41) is 8.28. The first-order chi connectivity index (χ1) is 9.31. The maximum Gasteiger partial charge on any atom is 0.337 e. The Labute approximate surface area is 120 Å². The fourth-order valence-electron chi connectivity index (χ4n) is 1.88. The van der Waals surface area contributed by atoms with Gasteiger partial charge in [-0.15, -0.1) is 0 Å². The van der Waals surface area contributed by atoms with E-state index in [1.165, 1.54) is 0 Å². The number of carboxylic acid groups (broad SMARTS) is 1. The molecule has 0 heterocycles. The van der Waals surface area contributed by atoms with E-state index in [9.17, 15) is 17.6 Å². The third kappa shape index (κ3) is 3.00. The minimum Gasteiger partial charge on any atom is -0.478 e. The van der Waals surface area contributed by atoms with Gasteiger partial charge in [-0.3, -0.25) is 0 Å². The zero-order chi connectivity index (χ0) is 14.9. The molecule has 0 unspecified atom stereocenters. The largest absolute Gasteiger partial charge is 0.478 e. The Balaban J connectivity index is 2.38. The van der Waals surface area contributed by atoms with Crippen molar-refractivity contribution in [1.82, 2.24) is 4.72 Å². The molecule has 0 spiro atoms. The molecule has 0 radical (unpaired) electrons. The Hall–Kier alpha value is -1.44. The van der Waals surface area contributed by atoms with E-state index >= 15 is 0 Å². The van der Waals surface area contributed by atoms with Crippen LogP contribution < -0.4 is 4.72 Å². The molecular weight excluding hydrogens is 309 g/mol. The lowest BCUT2D eigenvalue weighted by Gasteiger charge is -2.13. The van der Waals surface area contributed by atoms with Gasteiger partial charge in [0.2, 0.25) is 10.0 Å². The first-order valence-corrected chi connectivity index (χ1v) is 7.57. The van der Waals surface area contributed by atoms with Gasteiger partial charge in [0.15, 0.2) is 0 Å². The molecule has 2 N–H and O–H groups in total. The molecule has 1 aliphatic rings. The molecule has 5 nitrogen and oxygen atoms in total. The number of hydrogen-bond acceptors (Lipinski definition) is 3. The zero-order valence-corrected chi connectivity index (χ0v) is 11.7. The topological polar surface area (TPSA) is 83.5 Å². The van der Waals surface area contributed by atoms with Gasteiger partial charge >= 0.3 is 5.97 Å². The normalized spacial score (nSPS) is 15.7. The molecule has 1 aromatic rings. The summed E-state index contributed by atoms with van der Waals surface area (Å²) in [5.74, 6) is -2.58. The van der Waals surface area contributed by atoms with Crippen LogP contribution in [0.5, 0.6) is 0 Å². The van der Waals surface area contributed by atoms with E-state index in [-0.39, 0.29) is 6.04 Å². The van der Waals surface area contributed by atoms with Crippen LogP contribution in [0.4, 0.5) is 4.39 Å². The molecule has 2 rings (SSSR count). The lowest BCUT2D eigenvalue weighted by Crippen LogP contribution is -2.33. The third-order valence-corrected chi connectivity index (χ3v) is 4.76. The minimum absolute atomic E-state index is 0.299. The number of nitrogens with one attached hydrogen (secondary N) is 1. The highest BCUT2D eigenvalue weighted by molar-refractivity contribution is 7.89. The van der Waals surface area contributed by atoms with E-state index in [2.05, 4.69) is 4.72 Å². The zero-order valence-electron chi connectivity index (χ0n) is 10.1. The van der Waals surface area contributed by atoms with Crippen molar-refractivity contribution in [3.05, 3.63) is 40.7 Å². The van der Waals surface area contributed by atoms with Crippen LogP contribution in [0.25, 0.3) is 0 Å². The first-order valence-electron chi connectivity index (χ1n) is 5.71. The van der Waals surface area contributed by atoms with Crippen LogP contribution in [-0.4, -0.2) is 25.5 Å². The van der Waals surface area contributed by atoms with Crippen LogP contribution in [-0.2, 0) is 10.0 Å². The van der Waals surface area contributed by atoms with Crippen LogP contribution in [0, 0.1) is 5.82 Å². The molecule has 1 aliphatic carbocycles. The molecule has 0 atom stereocenters. The number of sulfonamides is 1. The molecule has 0 bridgehead atoms. The number of aromatic carboxylic acids is 1. The summed E-state index contributed by atoms with van der Waals surface area (Å²) in [6.45, 7) is 0. The highest BCUT2D eigenvalue weighted by atomic mass is 35.5. The van der Waals surface area contributed by atoms with Crippen LogP contribution in [0.3, 0.4) is 0 Å². The van der Waals surface area contributed by atoms with Crippen molar-refractivity contribution in [2.45, 2.75) is 23.8 Å². The Kier molecular flexibility index (Phi) is 4.12. The quantitative estimate of drug-likeness (QED) is 0.833. The van der Waals surface area contributed by atoms with Crippen molar-refractivity contribution in [3.8, 4) is 0 Å².